The van der Waals surface area contributed by atoms with Gasteiger partial charge >= 0.3 is 6.72 Å². The van der Waals surface area contributed by atoms with Crippen LogP contribution in [0.25, 0.3) is 0 Å². The molecule has 6 heteroatoms. The molecular weight excluding hydrogens is 263 g/mol. The van der Waals surface area contributed by atoms with Gasteiger partial charge in [0.25, 0.3) is 0 Å². The first-order valence-electron chi connectivity index (χ1n) is 4.70. The van der Waals surface area contributed by atoms with Gasteiger partial charge < -0.3 is 14.3 Å². The predicted octanol–water partition coefficient (Wildman–Crippen LogP) is 3.17. The summed E-state index contributed by atoms with van der Waals surface area (Å²) in [5.74, 6) is 0.381. The Morgan fingerprint density at radius 3 is 2.06 bits per heavy atom. The minimum Gasteiger partial charge on any atom is -0.424 e. The Hall–Kier alpha value is -0.0600. The largest absolute Gasteiger partial charge is 0.424 e. The highest BCUT2D eigenvalue weighted by atomic mass is 32.5. The fourth-order valence-corrected chi connectivity index (χ4v) is 2.69. The van der Waals surface area contributed by atoms with Gasteiger partial charge in [-0.25, -0.2) is 0 Å². The fraction of sp³-hybridized carbons (Fsp3) is 0.400. The highest BCUT2D eigenvalue weighted by Crippen LogP contribution is 2.39. The fourth-order valence-electron chi connectivity index (χ4n) is 1.06. The Morgan fingerprint density at radius 2 is 1.69 bits per heavy atom. The molecule has 2 N–H and O–H groups in total. The Morgan fingerprint density at radius 1 is 1.19 bits per heavy atom. The molecule has 0 heterocycles. The van der Waals surface area contributed by atoms with E-state index in [0.717, 1.165) is 4.90 Å². The number of rotatable bonds is 3. The monoisotopic (exact) mass is 278 g/mol. The van der Waals surface area contributed by atoms with Crippen LogP contribution in [0.5, 0.6) is 5.75 Å². The number of hydrogen-bond acceptors (Lipinski definition) is 3. The molecule has 0 aliphatic heterocycles. The first-order valence-corrected chi connectivity index (χ1v) is 8.14. The van der Waals surface area contributed by atoms with Crippen molar-refractivity contribution in [2.45, 2.75) is 30.4 Å². The minimum atomic E-state index is -3.62. The van der Waals surface area contributed by atoms with Crippen LogP contribution in [-0.2, 0) is 11.8 Å². The molecule has 1 rings (SSSR count). The highest BCUT2D eigenvalue weighted by Gasteiger charge is 2.13. The Kier molecular flexibility index (Phi) is 4.43. The lowest BCUT2D eigenvalue weighted by molar-refractivity contribution is 0.370. The number of benzene rings is 1. The standard InChI is InChI=1S/C10H15O3PS2/c1-10(2,3)16-9-6-4-8(5-7-9)13-14(11,12)15/h4-7H,1-3H3,(H2,11,12,15). The van der Waals surface area contributed by atoms with Crippen LogP contribution in [0.2, 0.25) is 0 Å². The molecule has 0 spiro atoms. The molecule has 90 valence electrons. The molecule has 3 nitrogen and oxygen atoms in total. The molecular formula is C10H15O3PS2. The summed E-state index contributed by atoms with van der Waals surface area (Å²) in [4.78, 5) is 19.1. The van der Waals surface area contributed by atoms with Crippen molar-refractivity contribution in [2.75, 3.05) is 0 Å². The number of hydrogen-bond donors (Lipinski definition) is 2. The molecule has 16 heavy (non-hydrogen) atoms. The Bertz CT molecular complexity index is 392. The SMILES string of the molecule is CC(C)(C)Sc1ccc(OP(O)(O)=S)cc1. The molecule has 0 aromatic heterocycles. The topological polar surface area (TPSA) is 49.7 Å². The van der Waals surface area contributed by atoms with Crippen molar-refractivity contribution in [3.05, 3.63) is 24.3 Å². The van der Waals surface area contributed by atoms with Crippen LogP contribution in [0.1, 0.15) is 20.8 Å². The van der Waals surface area contributed by atoms with E-state index in [-0.39, 0.29) is 4.75 Å². The normalized spacial score (nSPS) is 12.6. The van der Waals surface area contributed by atoms with Gasteiger partial charge in [-0.05, 0) is 24.3 Å². The van der Waals surface area contributed by atoms with Crippen molar-refractivity contribution in [2.24, 2.45) is 0 Å². The molecule has 0 atom stereocenters. The van der Waals surface area contributed by atoms with Gasteiger partial charge in [-0.1, -0.05) is 20.8 Å². The second-order valence-corrected chi connectivity index (χ2v) is 8.76. The molecule has 0 aliphatic rings. The zero-order valence-electron chi connectivity index (χ0n) is 9.38. The van der Waals surface area contributed by atoms with Crippen LogP contribution in [-0.4, -0.2) is 14.5 Å². The van der Waals surface area contributed by atoms with Gasteiger partial charge in [0.15, 0.2) is 0 Å². The van der Waals surface area contributed by atoms with Gasteiger partial charge in [-0.2, -0.15) is 0 Å². The lowest BCUT2D eigenvalue weighted by atomic mass is 10.3. The van der Waals surface area contributed by atoms with Crippen LogP contribution in [0.4, 0.5) is 0 Å². The van der Waals surface area contributed by atoms with Gasteiger partial charge in [0.2, 0.25) is 0 Å². The Labute approximate surface area is 105 Å². The summed E-state index contributed by atoms with van der Waals surface area (Å²) in [5, 5.41) is 0. The third kappa shape index (κ3) is 5.87. The van der Waals surface area contributed by atoms with E-state index in [2.05, 4.69) is 32.6 Å². The van der Waals surface area contributed by atoms with E-state index in [9.17, 15) is 0 Å². The molecule has 0 fully saturated rings. The molecule has 0 unspecified atom stereocenters. The van der Waals surface area contributed by atoms with E-state index < -0.39 is 6.72 Å². The third-order valence-electron chi connectivity index (χ3n) is 1.47. The summed E-state index contributed by atoms with van der Waals surface area (Å²) < 4.78 is 4.96. The predicted molar refractivity (Wildman–Crippen MR) is 71.4 cm³/mol. The molecule has 0 aliphatic carbocycles. The summed E-state index contributed by atoms with van der Waals surface area (Å²) in [5.41, 5.74) is 0. The highest BCUT2D eigenvalue weighted by molar-refractivity contribution is 8.06. The van der Waals surface area contributed by atoms with Crippen molar-refractivity contribution in [3.8, 4) is 5.75 Å². The number of thioether (sulfide) groups is 1. The summed E-state index contributed by atoms with van der Waals surface area (Å²) >= 11 is 6.11. The van der Waals surface area contributed by atoms with Crippen LogP contribution in [0.3, 0.4) is 0 Å². The first kappa shape index (κ1) is 14.0. The maximum Gasteiger partial charge on any atom is 0.375 e. The summed E-state index contributed by atoms with van der Waals surface area (Å²) in [7, 11) is 0. The van der Waals surface area contributed by atoms with Gasteiger partial charge in [0, 0.05) is 21.4 Å². The van der Waals surface area contributed by atoms with Gasteiger partial charge in [0.1, 0.15) is 5.75 Å². The maximum atomic E-state index is 8.98. The van der Waals surface area contributed by atoms with Gasteiger partial charge in [-0.3, -0.25) is 0 Å². The van der Waals surface area contributed by atoms with E-state index in [4.69, 9.17) is 14.3 Å². The van der Waals surface area contributed by atoms with Crippen molar-refractivity contribution in [1.82, 2.24) is 0 Å². The first-order chi connectivity index (χ1) is 7.16. The van der Waals surface area contributed by atoms with E-state index in [0.29, 0.717) is 5.75 Å². The Balaban J connectivity index is 2.72. The molecule has 0 saturated heterocycles. The van der Waals surface area contributed by atoms with Gasteiger partial charge in [-0.15, -0.1) is 11.8 Å². The van der Waals surface area contributed by atoms with E-state index in [1.165, 1.54) is 0 Å². The van der Waals surface area contributed by atoms with Crippen molar-refractivity contribution >= 4 is 30.3 Å². The summed E-state index contributed by atoms with van der Waals surface area (Å²) in [6.45, 7) is 2.77. The van der Waals surface area contributed by atoms with E-state index >= 15 is 0 Å². The minimum absolute atomic E-state index is 0.144. The smallest absolute Gasteiger partial charge is 0.375 e. The lowest BCUT2D eigenvalue weighted by Gasteiger charge is -2.17. The van der Waals surface area contributed by atoms with Crippen LogP contribution >= 0.6 is 18.5 Å². The summed E-state index contributed by atoms with van der Waals surface area (Å²) in [6.07, 6.45) is 0. The maximum absolute atomic E-state index is 8.98. The van der Waals surface area contributed by atoms with Crippen molar-refractivity contribution in [3.63, 3.8) is 0 Å². The molecule has 1 aromatic rings. The average molecular weight is 278 g/mol. The third-order valence-corrected chi connectivity index (χ3v) is 3.26. The molecule has 0 radical (unpaired) electrons. The van der Waals surface area contributed by atoms with E-state index in [1.54, 1.807) is 23.9 Å². The van der Waals surface area contributed by atoms with Gasteiger partial charge in [0.05, 0.1) is 0 Å². The van der Waals surface area contributed by atoms with Crippen LogP contribution < -0.4 is 4.52 Å². The quantitative estimate of drug-likeness (QED) is 0.657. The zero-order chi connectivity index (χ0) is 12.4. The summed E-state index contributed by atoms with van der Waals surface area (Å²) in [6, 6.07) is 7.11. The lowest BCUT2D eigenvalue weighted by Crippen LogP contribution is -2.06. The molecule has 0 saturated carbocycles. The van der Waals surface area contributed by atoms with E-state index in [1.807, 2.05) is 12.1 Å². The van der Waals surface area contributed by atoms with Crippen molar-refractivity contribution < 1.29 is 14.3 Å². The molecule has 0 bridgehead atoms. The average Bonchev–Trinajstić information content (AvgIpc) is 2.03. The second kappa shape index (κ2) is 5.07. The second-order valence-electron chi connectivity index (χ2n) is 4.27. The van der Waals surface area contributed by atoms with Crippen molar-refractivity contribution in [1.29, 1.82) is 0 Å². The molecule has 1 aromatic carbocycles. The van der Waals surface area contributed by atoms with Crippen LogP contribution in [0, 0.1) is 0 Å². The van der Waals surface area contributed by atoms with Crippen LogP contribution in [0.15, 0.2) is 29.2 Å². The zero-order valence-corrected chi connectivity index (χ0v) is 11.9. The molecule has 0 amide bonds.